The van der Waals surface area contributed by atoms with Crippen molar-refractivity contribution in [3.8, 4) is 16.9 Å². The van der Waals surface area contributed by atoms with Gasteiger partial charge in [-0.1, -0.05) is 56.5 Å². The van der Waals surface area contributed by atoms with Gasteiger partial charge < -0.3 is 9.47 Å². The summed E-state index contributed by atoms with van der Waals surface area (Å²) in [4.78, 5) is 22.7. The monoisotopic (exact) mass is 350 g/mol. The van der Waals surface area contributed by atoms with Crippen molar-refractivity contribution >= 4 is 11.9 Å². The van der Waals surface area contributed by atoms with E-state index in [1.54, 1.807) is 19.1 Å². The zero-order chi connectivity index (χ0) is 19.1. The van der Waals surface area contributed by atoms with Gasteiger partial charge in [-0.2, -0.15) is 0 Å². The average Bonchev–Trinajstić information content (AvgIpc) is 2.66. The Morgan fingerprint density at radius 1 is 1.04 bits per heavy atom. The largest absolute Gasteiger partial charge is 0.462 e. The maximum Gasteiger partial charge on any atom is 0.338 e. The number of esters is 2. The number of ether oxygens (including phenoxy) is 2. The van der Waals surface area contributed by atoms with Gasteiger partial charge in [0.2, 0.25) is 0 Å². The lowest BCUT2D eigenvalue weighted by Gasteiger charge is -2.12. The molecular weight excluding hydrogens is 328 g/mol. The summed E-state index contributed by atoms with van der Waals surface area (Å²) >= 11 is 0. The molecule has 2 aromatic rings. The topological polar surface area (TPSA) is 52.6 Å². The van der Waals surface area contributed by atoms with Gasteiger partial charge in [-0.25, -0.2) is 9.59 Å². The van der Waals surface area contributed by atoms with E-state index in [9.17, 15) is 9.59 Å². The number of carbonyl (C=O) groups is 2. The molecule has 0 heterocycles. The van der Waals surface area contributed by atoms with Crippen LogP contribution in [-0.4, -0.2) is 18.5 Å². The molecule has 0 saturated heterocycles. The van der Waals surface area contributed by atoms with E-state index in [0.29, 0.717) is 17.9 Å². The van der Waals surface area contributed by atoms with Gasteiger partial charge in [0.05, 0.1) is 6.61 Å². The fraction of sp³-hybridized carbons (Fsp3) is 0.182. The van der Waals surface area contributed by atoms with E-state index >= 15 is 0 Å². The Hall–Kier alpha value is -3.14. The van der Waals surface area contributed by atoms with E-state index < -0.39 is 11.9 Å². The van der Waals surface area contributed by atoms with Crippen LogP contribution >= 0.6 is 0 Å². The van der Waals surface area contributed by atoms with Crippen molar-refractivity contribution in [1.82, 2.24) is 0 Å². The molecule has 0 aliphatic carbocycles. The second-order valence-corrected chi connectivity index (χ2v) is 6.05. The Morgan fingerprint density at radius 2 is 1.58 bits per heavy atom. The van der Waals surface area contributed by atoms with Gasteiger partial charge >= 0.3 is 11.9 Å². The number of benzene rings is 2. The van der Waals surface area contributed by atoms with Crippen LogP contribution in [0.25, 0.3) is 11.1 Å². The smallest absolute Gasteiger partial charge is 0.338 e. The number of carbonyl (C=O) groups excluding carboxylic acids is 2. The fourth-order valence-corrected chi connectivity index (χ4v) is 2.28. The predicted molar refractivity (Wildman–Crippen MR) is 102 cm³/mol. The molecule has 2 rings (SSSR count). The standard InChI is InChI=1S/C22H22O4/c1-5-21(23)25-14-16(4)17-6-8-18(9-7-17)19-10-12-20(13-11-19)26-22(24)15(2)3/h5-13,16H,1-2,14H2,3-4H3. The van der Waals surface area contributed by atoms with Gasteiger partial charge in [0.1, 0.15) is 5.75 Å². The fourth-order valence-electron chi connectivity index (χ4n) is 2.28. The van der Waals surface area contributed by atoms with Crippen molar-refractivity contribution in [2.75, 3.05) is 6.61 Å². The molecule has 1 atom stereocenters. The van der Waals surface area contributed by atoms with Gasteiger partial charge in [-0.15, -0.1) is 0 Å². The van der Waals surface area contributed by atoms with Crippen molar-refractivity contribution in [3.05, 3.63) is 78.9 Å². The molecule has 0 radical (unpaired) electrons. The predicted octanol–water partition coefficient (Wildman–Crippen LogP) is 4.67. The quantitative estimate of drug-likeness (QED) is 0.414. The molecule has 0 saturated carbocycles. The molecule has 0 aliphatic rings. The third-order valence-electron chi connectivity index (χ3n) is 3.87. The summed E-state index contributed by atoms with van der Waals surface area (Å²) in [5.41, 5.74) is 3.49. The SMILES string of the molecule is C=CC(=O)OCC(C)c1ccc(-c2ccc(OC(=O)C(=C)C)cc2)cc1. The van der Waals surface area contributed by atoms with Gasteiger partial charge in [0, 0.05) is 17.6 Å². The van der Waals surface area contributed by atoms with Crippen molar-refractivity contribution in [1.29, 1.82) is 0 Å². The van der Waals surface area contributed by atoms with E-state index in [1.165, 1.54) is 0 Å². The van der Waals surface area contributed by atoms with Crippen LogP contribution in [0.2, 0.25) is 0 Å². The van der Waals surface area contributed by atoms with E-state index in [4.69, 9.17) is 9.47 Å². The van der Waals surface area contributed by atoms with Crippen LogP contribution in [0.15, 0.2) is 73.3 Å². The zero-order valence-electron chi connectivity index (χ0n) is 15.0. The first-order chi connectivity index (χ1) is 12.4. The maximum absolute atomic E-state index is 11.5. The van der Waals surface area contributed by atoms with E-state index in [-0.39, 0.29) is 5.92 Å². The first-order valence-corrected chi connectivity index (χ1v) is 8.28. The highest BCUT2D eigenvalue weighted by Crippen LogP contribution is 2.25. The van der Waals surface area contributed by atoms with Crippen molar-refractivity contribution in [3.63, 3.8) is 0 Å². The lowest BCUT2D eigenvalue weighted by atomic mass is 9.98. The molecular formula is C22H22O4. The Bertz CT molecular complexity index is 801. The first kappa shape index (κ1) is 19.2. The Morgan fingerprint density at radius 3 is 2.08 bits per heavy atom. The first-order valence-electron chi connectivity index (χ1n) is 8.28. The molecule has 2 aromatic carbocycles. The van der Waals surface area contributed by atoms with E-state index in [0.717, 1.165) is 22.8 Å². The Balaban J connectivity index is 2.03. The lowest BCUT2D eigenvalue weighted by molar-refractivity contribution is -0.138. The molecule has 26 heavy (non-hydrogen) atoms. The molecule has 0 aliphatic heterocycles. The van der Waals surface area contributed by atoms with Crippen LogP contribution in [0, 0.1) is 0 Å². The molecule has 134 valence electrons. The van der Waals surface area contributed by atoms with Gasteiger partial charge in [-0.05, 0) is 35.7 Å². The molecule has 0 bridgehead atoms. The third-order valence-corrected chi connectivity index (χ3v) is 3.87. The van der Waals surface area contributed by atoms with E-state index in [2.05, 4.69) is 13.2 Å². The molecule has 0 N–H and O–H groups in total. The molecule has 0 amide bonds. The minimum atomic E-state index is -0.437. The van der Waals surface area contributed by atoms with Crippen LogP contribution in [0.3, 0.4) is 0 Å². The molecule has 4 nitrogen and oxygen atoms in total. The van der Waals surface area contributed by atoms with Crippen molar-refractivity contribution < 1.29 is 19.1 Å². The maximum atomic E-state index is 11.5. The average molecular weight is 350 g/mol. The van der Waals surface area contributed by atoms with Crippen molar-refractivity contribution in [2.24, 2.45) is 0 Å². The molecule has 0 fully saturated rings. The number of rotatable bonds is 7. The zero-order valence-corrected chi connectivity index (χ0v) is 15.0. The second-order valence-electron chi connectivity index (χ2n) is 6.05. The molecule has 0 spiro atoms. The van der Waals surface area contributed by atoms with Crippen LogP contribution in [0.1, 0.15) is 25.3 Å². The summed E-state index contributed by atoms with van der Waals surface area (Å²) in [6.45, 7) is 10.9. The summed E-state index contributed by atoms with van der Waals surface area (Å²) in [7, 11) is 0. The van der Waals surface area contributed by atoms with Gasteiger partial charge in [0.15, 0.2) is 0 Å². The Kier molecular flexibility index (Phi) is 6.50. The number of hydrogen-bond acceptors (Lipinski definition) is 4. The molecule has 0 aromatic heterocycles. The van der Waals surface area contributed by atoms with Crippen LogP contribution in [0.5, 0.6) is 5.75 Å². The van der Waals surface area contributed by atoms with Gasteiger partial charge in [0.25, 0.3) is 0 Å². The lowest BCUT2D eigenvalue weighted by Crippen LogP contribution is -2.08. The number of hydrogen-bond donors (Lipinski definition) is 0. The van der Waals surface area contributed by atoms with E-state index in [1.807, 2.05) is 43.3 Å². The summed E-state index contributed by atoms with van der Waals surface area (Å²) in [5.74, 6) is -0.276. The molecule has 1 unspecified atom stereocenters. The normalized spacial score (nSPS) is 11.3. The summed E-state index contributed by atoms with van der Waals surface area (Å²) in [5, 5.41) is 0. The molecule has 4 heteroatoms. The van der Waals surface area contributed by atoms with Crippen LogP contribution in [0.4, 0.5) is 0 Å². The highest BCUT2D eigenvalue weighted by molar-refractivity contribution is 5.88. The summed E-state index contributed by atoms with van der Waals surface area (Å²) in [6, 6.07) is 15.3. The third kappa shape index (κ3) is 5.18. The van der Waals surface area contributed by atoms with Crippen molar-refractivity contribution in [2.45, 2.75) is 19.8 Å². The summed E-state index contributed by atoms with van der Waals surface area (Å²) in [6.07, 6.45) is 1.16. The second kappa shape index (κ2) is 8.81. The minimum Gasteiger partial charge on any atom is -0.462 e. The highest BCUT2D eigenvalue weighted by atomic mass is 16.5. The van der Waals surface area contributed by atoms with Gasteiger partial charge in [-0.3, -0.25) is 0 Å². The highest BCUT2D eigenvalue weighted by Gasteiger charge is 2.09. The summed E-state index contributed by atoms with van der Waals surface area (Å²) < 4.78 is 10.3. The Labute approximate surface area is 153 Å². The van der Waals surface area contributed by atoms with Crippen LogP contribution in [-0.2, 0) is 14.3 Å². The van der Waals surface area contributed by atoms with Crippen LogP contribution < -0.4 is 4.74 Å². The minimum absolute atomic E-state index is 0.0943.